The Balaban J connectivity index is 2.01. The molecule has 1 aliphatic rings. The van der Waals surface area contributed by atoms with Crippen LogP contribution in [-0.4, -0.2) is 30.7 Å². The van der Waals surface area contributed by atoms with Crippen molar-refractivity contribution in [3.8, 4) is 0 Å². The van der Waals surface area contributed by atoms with E-state index in [4.69, 9.17) is 4.74 Å². The molecule has 0 bridgehead atoms. The molecule has 0 spiro atoms. The fraction of sp³-hybridized carbons (Fsp3) is 0.957. The molecule has 1 amide bonds. The van der Waals surface area contributed by atoms with Crippen LogP contribution in [0.15, 0.2) is 0 Å². The highest BCUT2D eigenvalue weighted by molar-refractivity contribution is 5.81. The summed E-state index contributed by atoms with van der Waals surface area (Å²) < 4.78 is 5.56. The molecule has 1 rings (SSSR count). The highest BCUT2D eigenvalue weighted by Crippen LogP contribution is 2.47. The van der Waals surface area contributed by atoms with Gasteiger partial charge in [0.15, 0.2) is 0 Å². The molecular weight excluding hydrogens is 322 g/mol. The minimum atomic E-state index is 0.237. The number of likely N-dealkylation sites (tertiary alicyclic amines) is 1. The van der Waals surface area contributed by atoms with E-state index in [9.17, 15) is 4.79 Å². The molecule has 3 heteroatoms. The van der Waals surface area contributed by atoms with E-state index in [2.05, 4.69) is 41.5 Å². The number of amides is 1. The lowest BCUT2D eigenvalue weighted by Gasteiger charge is -2.45. The highest BCUT2D eigenvalue weighted by atomic mass is 16.5. The first-order chi connectivity index (χ1) is 12.3. The molecule has 1 aliphatic heterocycles. The van der Waals surface area contributed by atoms with Gasteiger partial charge in [-0.2, -0.15) is 0 Å². The zero-order valence-corrected chi connectivity index (χ0v) is 18.5. The number of hydrogen-bond donors (Lipinski definition) is 0. The van der Waals surface area contributed by atoms with E-state index >= 15 is 0 Å². The Hall–Kier alpha value is -0.570. The third kappa shape index (κ3) is 6.87. The molecule has 0 radical (unpaired) electrons. The van der Waals surface area contributed by atoms with Gasteiger partial charge in [-0.15, -0.1) is 0 Å². The van der Waals surface area contributed by atoms with Crippen molar-refractivity contribution in [2.75, 3.05) is 19.9 Å². The lowest BCUT2D eigenvalue weighted by atomic mass is 9.60. The quantitative estimate of drug-likeness (QED) is 0.252. The van der Waals surface area contributed by atoms with Crippen LogP contribution in [0.5, 0.6) is 0 Å². The average molecular weight is 368 g/mol. The summed E-state index contributed by atoms with van der Waals surface area (Å²) >= 11 is 0. The van der Waals surface area contributed by atoms with Gasteiger partial charge < -0.3 is 9.64 Å². The summed E-state index contributed by atoms with van der Waals surface area (Å²) in [6, 6.07) is 0. The molecule has 3 nitrogen and oxygen atoms in total. The van der Waals surface area contributed by atoms with Crippen LogP contribution in [0.25, 0.3) is 0 Å². The Kier molecular flexibility index (Phi) is 10.8. The fourth-order valence-corrected chi connectivity index (χ4v) is 5.06. The normalized spacial score (nSPS) is 15.4. The Bertz CT molecular complexity index is 368. The van der Waals surface area contributed by atoms with Crippen molar-refractivity contribution in [2.24, 2.45) is 23.2 Å². The van der Waals surface area contributed by atoms with Crippen molar-refractivity contribution in [1.82, 2.24) is 4.90 Å². The molecule has 0 atom stereocenters. The van der Waals surface area contributed by atoms with Crippen LogP contribution in [0.1, 0.15) is 99.3 Å². The standard InChI is InChI=1S/C23H45NO2/c1-19(2)23(20(3)4,21(5)6)15-12-10-8-7-9-11-13-17-26-18-24-16-14-22(24)25/h19-21H,7-18H2,1-6H3. The number of hydrogen-bond acceptors (Lipinski definition) is 2. The number of carbonyl (C=O) groups is 1. The predicted molar refractivity (Wildman–Crippen MR) is 111 cm³/mol. The molecule has 1 saturated heterocycles. The summed E-state index contributed by atoms with van der Waals surface area (Å²) in [5.41, 5.74) is 0.495. The van der Waals surface area contributed by atoms with E-state index in [0.717, 1.165) is 37.3 Å². The highest BCUT2D eigenvalue weighted by Gasteiger charge is 2.39. The molecular formula is C23H45NO2. The van der Waals surface area contributed by atoms with Crippen LogP contribution in [0.3, 0.4) is 0 Å². The van der Waals surface area contributed by atoms with Gasteiger partial charge in [0, 0.05) is 19.6 Å². The Morgan fingerprint density at radius 3 is 1.77 bits per heavy atom. The first-order valence-corrected chi connectivity index (χ1v) is 11.2. The Labute approximate surface area is 163 Å². The molecule has 0 N–H and O–H groups in total. The SMILES string of the molecule is CC(C)C(CCCCCCCCCOCN1CCC1=O)(C(C)C)C(C)C. The zero-order valence-electron chi connectivity index (χ0n) is 18.5. The predicted octanol–water partition coefficient (Wildman–Crippen LogP) is 6.27. The summed E-state index contributed by atoms with van der Waals surface area (Å²) in [6.45, 7) is 16.7. The molecule has 0 saturated carbocycles. The smallest absolute Gasteiger partial charge is 0.226 e. The minimum absolute atomic E-state index is 0.237. The van der Waals surface area contributed by atoms with Crippen molar-refractivity contribution in [3.05, 3.63) is 0 Å². The number of rotatable bonds is 15. The van der Waals surface area contributed by atoms with Gasteiger partial charge in [-0.1, -0.05) is 80.1 Å². The second kappa shape index (κ2) is 12.0. The van der Waals surface area contributed by atoms with Gasteiger partial charge >= 0.3 is 0 Å². The van der Waals surface area contributed by atoms with Gasteiger partial charge in [-0.05, 0) is 36.0 Å². The minimum Gasteiger partial charge on any atom is -0.361 e. The van der Waals surface area contributed by atoms with E-state index in [1.807, 2.05) is 0 Å². The van der Waals surface area contributed by atoms with Crippen LogP contribution in [0.4, 0.5) is 0 Å². The van der Waals surface area contributed by atoms with Crippen LogP contribution >= 0.6 is 0 Å². The topological polar surface area (TPSA) is 29.5 Å². The Morgan fingerprint density at radius 1 is 0.846 bits per heavy atom. The zero-order chi connectivity index (χ0) is 19.6. The maximum Gasteiger partial charge on any atom is 0.226 e. The van der Waals surface area contributed by atoms with E-state index < -0.39 is 0 Å². The maximum atomic E-state index is 11.1. The van der Waals surface area contributed by atoms with Crippen molar-refractivity contribution in [1.29, 1.82) is 0 Å². The summed E-state index contributed by atoms with van der Waals surface area (Å²) in [4.78, 5) is 12.9. The molecule has 1 fully saturated rings. The van der Waals surface area contributed by atoms with Crippen LogP contribution in [0, 0.1) is 23.2 Å². The number of β-lactam (4-membered cyclic amide) rings is 1. The van der Waals surface area contributed by atoms with Gasteiger partial charge in [0.05, 0.1) is 0 Å². The number of nitrogens with zero attached hydrogens (tertiary/aromatic N) is 1. The maximum absolute atomic E-state index is 11.1. The monoisotopic (exact) mass is 367 g/mol. The first kappa shape index (κ1) is 23.5. The summed E-state index contributed by atoms with van der Waals surface area (Å²) in [6.07, 6.45) is 11.2. The van der Waals surface area contributed by atoms with Crippen LogP contribution < -0.4 is 0 Å². The fourth-order valence-electron chi connectivity index (χ4n) is 5.06. The molecule has 26 heavy (non-hydrogen) atoms. The third-order valence-corrected chi connectivity index (χ3v) is 6.82. The van der Waals surface area contributed by atoms with Gasteiger partial charge in [0.25, 0.3) is 0 Å². The van der Waals surface area contributed by atoms with Gasteiger partial charge in [-0.3, -0.25) is 4.79 Å². The van der Waals surface area contributed by atoms with E-state index in [1.165, 1.54) is 44.9 Å². The van der Waals surface area contributed by atoms with Crippen molar-refractivity contribution in [2.45, 2.75) is 99.3 Å². The van der Waals surface area contributed by atoms with Crippen molar-refractivity contribution >= 4 is 5.91 Å². The number of ether oxygens (including phenoxy) is 1. The van der Waals surface area contributed by atoms with E-state index in [0.29, 0.717) is 18.6 Å². The van der Waals surface area contributed by atoms with Gasteiger partial charge in [0.2, 0.25) is 5.91 Å². The van der Waals surface area contributed by atoms with Gasteiger partial charge in [0.1, 0.15) is 6.73 Å². The molecule has 154 valence electrons. The van der Waals surface area contributed by atoms with Crippen molar-refractivity contribution < 1.29 is 9.53 Å². The molecule has 0 aliphatic carbocycles. The third-order valence-electron chi connectivity index (χ3n) is 6.82. The Morgan fingerprint density at radius 2 is 1.35 bits per heavy atom. The molecule has 0 aromatic heterocycles. The molecule has 0 aromatic rings. The second-order valence-electron chi connectivity index (χ2n) is 9.25. The molecule has 0 aromatic carbocycles. The average Bonchev–Trinajstić information content (AvgIpc) is 2.56. The lowest BCUT2D eigenvalue weighted by molar-refractivity contribution is -0.147. The molecule has 1 heterocycles. The van der Waals surface area contributed by atoms with Crippen LogP contribution in [0.2, 0.25) is 0 Å². The van der Waals surface area contributed by atoms with Crippen LogP contribution in [-0.2, 0) is 9.53 Å². The summed E-state index contributed by atoms with van der Waals surface area (Å²) in [5.74, 6) is 2.51. The first-order valence-electron chi connectivity index (χ1n) is 11.2. The molecule has 0 unspecified atom stereocenters. The van der Waals surface area contributed by atoms with Gasteiger partial charge in [-0.25, -0.2) is 0 Å². The lowest BCUT2D eigenvalue weighted by Crippen LogP contribution is -2.44. The van der Waals surface area contributed by atoms with Crippen molar-refractivity contribution in [3.63, 3.8) is 0 Å². The largest absolute Gasteiger partial charge is 0.361 e. The summed E-state index contributed by atoms with van der Waals surface area (Å²) in [7, 11) is 0. The van der Waals surface area contributed by atoms with E-state index in [-0.39, 0.29) is 5.91 Å². The second-order valence-corrected chi connectivity index (χ2v) is 9.25. The van der Waals surface area contributed by atoms with E-state index in [1.54, 1.807) is 4.90 Å². The number of carbonyl (C=O) groups excluding carboxylic acids is 1. The summed E-state index contributed by atoms with van der Waals surface area (Å²) in [5, 5.41) is 0. The number of unbranched alkanes of at least 4 members (excludes halogenated alkanes) is 6.